The number of aliphatic imine (C=N–C) groups is 1. The molecule has 1 spiro atoms. The Morgan fingerprint density at radius 2 is 1.36 bits per heavy atom. The number of rotatable bonds is 5. The van der Waals surface area contributed by atoms with Crippen molar-refractivity contribution in [2.24, 2.45) is 4.99 Å². The molecule has 12 rings (SSSR count). The van der Waals surface area contributed by atoms with Crippen LogP contribution in [0.25, 0.3) is 44.3 Å². The molecule has 3 aliphatic carbocycles. The van der Waals surface area contributed by atoms with Crippen LogP contribution in [0.4, 0.5) is 0 Å². The van der Waals surface area contributed by atoms with Gasteiger partial charge in [0, 0.05) is 26.9 Å². The van der Waals surface area contributed by atoms with Crippen LogP contribution in [-0.4, -0.2) is 10.7 Å². The highest BCUT2D eigenvalue weighted by molar-refractivity contribution is 7.99. The summed E-state index contributed by atoms with van der Waals surface area (Å²) < 4.78 is 0. The number of hydrogen-bond donors (Lipinski definition) is 0. The van der Waals surface area contributed by atoms with Crippen molar-refractivity contribution in [1.82, 2.24) is 4.98 Å². The van der Waals surface area contributed by atoms with Gasteiger partial charge in [-0.3, -0.25) is 9.98 Å². The van der Waals surface area contributed by atoms with E-state index in [0.717, 1.165) is 64.6 Å². The second-order valence-electron chi connectivity index (χ2n) is 16.7. The molecule has 1 aromatic heterocycles. The molecule has 0 N–H and O–H groups in total. The summed E-state index contributed by atoms with van der Waals surface area (Å²) in [6.45, 7) is 4.86. The number of fused-ring (bicyclic) bond motifs is 9. The van der Waals surface area contributed by atoms with Gasteiger partial charge in [-0.05, 0) is 134 Å². The summed E-state index contributed by atoms with van der Waals surface area (Å²) in [4.78, 5) is 13.1. The number of pyridine rings is 1. The third-order valence-electron chi connectivity index (χ3n) is 13.4. The summed E-state index contributed by atoms with van der Waals surface area (Å²) in [6.07, 6.45) is 19.6. The Morgan fingerprint density at radius 1 is 0.623 bits per heavy atom. The van der Waals surface area contributed by atoms with Gasteiger partial charge in [0.1, 0.15) is 6.04 Å². The number of para-hydroxylation sites is 1. The van der Waals surface area contributed by atoms with E-state index in [1.165, 1.54) is 71.0 Å². The quantitative estimate of drug-likeness (QED) is 0.173. The predicted molar refractivity (Wildman–Crippen MR) is 255 cm³/mol. The Kier molecular flexibility index (Phi) is 8.54. The summed E-state index contributed by atoms with van der Waals surface area (Å²) >= 11 is 1.90. The number of nitrogens with zero attached hydrogens (tertiary/aromatic N) is 2. The molecule has 0 saturated heterocycles. The molecule has 3 heteroatoms. The highest BCUT2D eigenvalue weighted by Crippen LogP contribution is 2.63. The lowest BCUT2D eigenvalue weighted by Gasteiger charge is -2.42. The lowest BCUT2D eigenvalue weighted by molar-refractivity contribution is 0.661. The minimum Gasteiger partial charge on any atom is -0.272 e. The molecule has 0 fully saturated rings. The van der Waals surface area contributed by atoms with Crippen molar-refractivity contribution in [3.63, 3.8) is 0 Å². The van der Waals surface area contributed by atoms with Crippen molar-refractivity contribution in [3.05, 3.63) is 245 Å². The van der Waals surface area contributed by atoms with Crippen LogP contribution in [0.2, 0.25) is 0 Å². The summed E-state index contributed by atoms with van der Waals surface area (Å²) in [7, 11) is 0. The lowest BCUT2D eigenvalue weighted by atomic mass is 9.64. The zero-order valence-electron chi connectivity index (χ0n) is 33.8. The minimum atomic E-state index is -0.470. The molecule has 0 radical (unpaired) electrons. The fourth-order valence-electron chi connectivity index (χ4n) is 10.5. The molecule has 0 saturated carbocycles. The minimum absolute atomic E-state index is 0.242. The van der Waals surface area contributed by atoms with Crippen molar-refractivity contribution >= 4 is 39.5 Å². The molecule has 0 amide bonds. The average Bonchev–Trinajstić information content (AvgIpc) is 3.62. The van der Waals surface area contributed by atoms with Crippen LogP contribution >= 0.6 is 11.8 Å². The number of dihydropyridines is 1. The Hall–Kier alpha value is -6.81. The molecule has 3 heterocycles. The maximum Gasteiger partial charge on any atom is 0.101 e. The van der Waals surface area contributed by atoms with Crippen molar-refractivity contribution in [2.45, 2.75) is 46.9 Å². The van der Waals surface area contributed by atoms with Crippen LogP contribution in [0.1, 0.15) is 65.1 Å². The fraction of sp³-hybridized carbons (Fsp3) is 0.103. The highest BCUT2D eigenvalue weighted by atomic mass is 32.2. The molecular weight excluding hydrogens is 757 g/mol. The lowest BCUT2D eigenvalue weighted by Crippen LogP contribution is -2.34. The summed E-state index contributed by atoms with van der Waals surface area (Å²) in [5.74, 6) is 0. The van der Waals surface area contributed by atoms with Crippen LogP contribution in [0, 0.1) is 0 Å². The Balaban J connectivity index is 1.05. The summed E-state index contributed by atoms with van der Waals surface area (Å²) in [5, 5.41) is 1.15. The van der Waals surface area contributed by atoms with Gasteiger partial charge in [-0.15, -0.1) is 0 Å². The number of allylic oxidation sites excluding steroid dienone is 9. The molecule has 2 atom stereocenters. The molecule has 2 unspecified atom stereocenters. The van der Waals surface area contributed by atoms with Gasteiger partial charge < -0.3 is 0 Å². The van der Waals surface area contributed by atoms with Crippen molar-refractivity contribution in [2.75, 3.05) is 0 Å². The van der Waals surface area contributed by atoms with Crippen LogP contribution in [0.3, 0.4) is 0 Å². The van der Waals surface area contributed by atoms with E-state index in [2.05, 4.69) is 176 Å². The van der Waals surface area contributed by atoms with Crippen molar-refractivity contribution in [3.8, 4) is 22.3 Å². The van der Waals surface area contributed by atoms with Gasteiger partial charge in [0.25, 0.3) is 0 Å². The Morgan fingerprint density at radius 3 is 2.23 bits per heavy atom. The van der Waals surface area contributed by atoms with E-state index in [4.69, 9.17) is 16.6 Å². The van der Waals surface area contributed by atoms with Crippen LogP contribution < -0.4 is 0 Å². The predicted octanol–water partition coefficient (Wildman–Crippen LogP) is 14.9. The largest absolute Gasteiger partial charge is 0.272 e. The SMILES string of the molecule is C=C1C(c2ccc(-c3ccccc3)cc2)=CC(C2=CC=CCC2)=NC1c1ccc2c(c1)C1(C3=C(C=CCC3)c3ccccc31)c1cc(-c3cccc4cccnc34)ccc1S2. The van der Waals surface area contributed by atoms with Crippen LogP contribution in [-0.2, 0) is 5.41 Å². The first-order valence-corrected chi connectivity index (χ1v) is 22.3. The van der Waals surface area contributed by atoms with Gasteiger partial charge in [0.05, 0.1) is 16.6 Å². The van der Waals surface area contributed by atoms with Gasteiger partial charge in [0.15, 0.2) is 0 Å². The number of aromatic nitrogens is 1. The van der Waals surface area contributed by atoms with Crippen molar-refractivity contribution in [1.29, 1.82) is 0 Å². The molecule has 61 heavy (non-hydrogen) atoms. The van der Waals surface area contributed by atoms with E-state index in [-0.39, 0.29) is 6.04 Å². The normalized spacial score (nSPS) is 19.8. The average molecular weight is 799 g/mol. The third kappa shape index (κ3) is 5.71. The van der Waals surface area contributed by atoms with Crippen molar-refractivity contribution < 1.29 is 0 Å². The first-order valence-electron chi connectivity index (χ1n) is 21.5. The standard InChI is InChI=1S/C58H42N2S/c1-37-48(40-27-25-39(26-28-40)38-14-4-2-5-15-38)36-53(41-16-6-3-7-17-41)60-56(37)44-30-32-55-52(35-44)58(49-23-10-8-20-46(49)47-21-9-11-24-50(47)58)51-34-43(29-31-54(51)61-55)45-22-12-18-42-19-13-33-59-57(42)45/h2-6,8-10,12-16,18-23,25-36,56H,1,7,11,17,24H2. The van der Waals surface area contributed by atoms with E-state index < -0.39 is 5.41 Å². The molecule has 0 bridgehead atoms. The molecule has 2 nitrogen and oxygen atoms in total. The zero-order valence-corrected chi connectivity index (χ0v) is 34.6. The molecule has 6 aromatic carbocycles. The highest BCUT2D eigenvalue weighted by Gasteiger charge is 2.51. The van der Waals surface area contributed by atoms with Gasteiger partial charge >= 0.3 is 0 Å². The first-order chi connectivity index (χ1) is 30.1. The van der Waals surface area contributed by atoms with E-state index >= 15 is 0 Å². The fourth-order valence-corrected chi connectivity index (χ4v) is 11.7. The van der Waals surface area contributed by atoms with Crippen LogP contribution in [0.5, 0.6) is 0 Å². The first kappa shape index (κ1) is 36.1. The number of hydrogen-bond acceptors (Lipinski definition) is 3. The van der Waals surface area contributed by atoms with Gasteiger partial charge in [0.2, 0.25) is 0 Å². The summed E-state index contributed by atoms with van der Waals surface area (Å²) in [6, 6.07) is 53.6. The monoisotopic (exact) mass is 798 g/mol. The maximum atomic E-state index is 5.62. The van der Waals surface area contributed by atoms with Crippen LogP contribution in [0.15, 0.2) is 226 Å². The van der Waals surface area contributed by atoms with Gasteiger partial charge in [-0.25, -0.2) is 0 Å². The maximum absolute atomic E-state index is 5.62. The molecule has 7 aromatic rings. The third-order valence-corrected chi connectivity index (χ3v) is 14.5. The smallest absolute Gasteiger partial charge is 0.101 e. The summed E-state index contributed by atoms with van der Waals surface area (Å²) in [5.41, 5.74) is 20.5. The molecule has 290 valence electrons. The second kappa shape index (κ2) is 14.4. The second-order valence-corrected chi connectivity index (χ2v) is 17.8. The van der Waals surface area contributed by atoms with Gasteiger partial charge in [-0.2, -0.15) is 0 Å². The zero-order chi connectivity index (χ0) is 40.5. The molecule has 2 aliphatic heterocycles. The van der Waals surface area contributed by atoms with E-state index in [9.17, 15) is 0 Å². The molecular formula is C58H42N2S. The topological polar surface area (TPSA) is 25.2 Å². The molecule has 5 aliphatic rings. The van der Waals surface area contributed by atoms with E-state index in [1.807, 2.05) is 24.0 Å². The Labute approximate surface area is 361 Å². The van der Waals surface area contributed by atoms with E-state index in [1.54, 1.807) is 0 Å². The van der Waals surface area contributed by atoms with Gasteiger partial charge in [-0.1, -0.05) is 170 Å². The Bertz CT molecular complexity index is 3170. The van der Waals surface area contributed by atoms with E-state index in [0.29, 0.717) is 0 Å². The number of benzene rings is 6.